The van der Waals surface area contributed by atoms with E-state index in [1.807, 2.05) is 69.7 Å². The van der Waals surface area contributed by atoms with Crippen molar-refractivity contribution in [2.45, 2.75) is 25.4 Å². The molecule has 4 rings (SSSR count). The monoisotopic (exact) mass is 492 g/mol. The number of anilines is 1. The van der Waals surface area contributed by atoms with Crippen LogP contribution in [0.5, 0.6) is 5.75 Å². The summed E-state index contributed by atoms with van der Waals surface area (Å²) >= 11 is 0. The lowest BCUT2D eigenvalue weighted by Crippen LogP contribution is -2.55. The summed E-state index contributed by atoms with van der Waals surface area (Å²) < 4.78 is 5.52. The molecule has 2 unspecified atom stereocenters. The van der Waals surface area contributed by atoms with Crippen molar-refractivity contribution in [3.05, 3.63) is 59.8 Å². The highest BCUT2D eigenvalue weighted by atomic mass is 16.5. The van der Waals surface area contributed by atoms with E-state index >= 15 is 0 Å². The standard InChI is InChI=1S/C27H36N6O3/c1-18(21-16-29-22-8-6-5-7-20(21)22)25(31-27(35)33-13-11-28-12-14-33)26(34)30-23-15-19(17-32(2)3)9-10-24(23)36-4/h5-10,15-16,18,25,28-29H,11-14,17H2,1-4H3,(H,30,34)(H,31,35). The number of carbonyl (C=O) groups is 2. The molecule has 0 saturated carbocycles. The highest BCUT2D eigenvalue weighted by Gasteiger charge is 2.32. The Hall–Kier alpha value is -3.56. The number of amides is 3. The van der Waals surface area contributed by atoms with Crippen molar-refractivity contribution in [2.24, 2.45) is 0 Å². The quantitative estimate of drug-likeness (QED) is 0.387. The summed E-state index contributed by atoms with van der Waals surface area (Å²) in [4.78, 5) is 34.0. The number of fused-ring (bicyclic) bond motifs is 1. The minimum Gasteiger partial charge on any atom is -0.495 e. The molecule has 3 aromatic rings. The van der Waals surface area contributed by atoms with Crippen LogP contribution in [-0.4, -0.2) is 80.1 Å². The molecule has 1 aliphatic rings. The van der Waals surface area contributed by atoms with Gasteiger partial charge in [0.2, 0.25) is 5.91 Å². The van der Waals surface area contributed by atoms with Crippen molar-refractivity contribution in [3.63, 3.8) is 0 Å². The number of benzene rings is 2. The van der Waals surface area contributed by atoms with Gasteiger partial charge in [0.1, 0.15) is 11.8 Å². The van der Waals surface area contributed by atoms with Crippen LogP contribution in [0.2, 0.25) is 0 Å². The largest absolute Gasteiger partial charge is 0.495 e. The van der Waals surface area contributed by atoms with Crippen LogP contribution < -0.4 is 20.7 Å². The fraction of sp³-hybridized carbons (Fsp3) is 0.407. The number of rotatable bonds is 8. The Labute approximate surface area is 212 Å². The smallest absolute Gasteiger partial charge is 0.318 e. The van der Waals surface area contributed by atoms with E-state index in [1.165, 1.54) is 0 Å². The molecule has 3 amide bonds. The van der Waals surface area contributed by atoms with E-state index < -0.39 is 6.04 Å². The number of aromatic nitrogens is 1. The van der Waals surface area contributed by atoms with Gasteiger partial charge in [0.05, 0.1) is 12.8 Å². The summed E-state index contributed by atoms with van der Waals surface area (Å²) in [5.41, 5.74) is 3.58. The van der Waals surface area contributed by atoms with Crippen molar-refractivity contribution >= 4 is 28.5 Å². The van der Waals surface area contributed by atoms with Crippen molar-refractivity contribution in [2.75, 3.05) is 52.7 Å². The third kappa shape index (κ3) is 5.80. The normalized spacial score (nSPS) is 15.5. The predicted octanol–water partition coefficient (Wildman–Crippen LogP) is 2.96. The van der Waals surface area contributed by atoms with E-state index in [0.29, 0.717) is 24.5 Å². The van der Waals surface area contributed by atoms with Crippen LogP contribution in [0.3, 0.4) is 0 Å². The molecular weight excluding hydrogens is 456 g/mol. The number of nitrogens with zero attached hydrogens (tertiary/aromatic N) is 2. The molecule has 192 valence electrons. The molecule has 2 aromatic carbocycles. The molecule has 36 heavy (non-hydrogen) atoms. The second-order valence-electron chi connectivity index (χ2n) is 9.50. The Balaban J connectivity index is 1.63. The van der Waals surface area contributed by atoms with Gasteiger partial charge in [-0.05, 0) is 43.4 Å². The number of ether oxygens (including phenoxy) is 1. The zero-order valence-electron chi connectivity index (χ0n) is 21.4. The molecule has 9 heteroatoms. The van der Waals surface area contributed by atoms with Crippen molar-refractivity contribution in [3.8, 4) is 5.75 Å². The Morgan fingerprint density at radius 2 is 1.89 bits per heavy atom. The lowest BCUT2D eigenvalue weighted by atomic mass is 9.92. The van der Waals surface area contributed by atoms with Gasteiger partial charge >= 0.3 is 6.03 Å². The molecule has 9 nitrogen and oxygen atoms in total. The first-order chi connectivity index (χ1) is 17.4. The van der Waals surface area contributed by atoms with Gasteiger partial charge in [-0.3, -0.25) is 4.79 Å². The minimum atomic E-state index is -0.797. The molecule has 0 radical (unpaired) electrons. The van der Waals surface area contributed by atoms with Gasteiger partial charge in [-0.25, -0.2) is 4.79 Å². The molecule has 0 aliphatic carbocycles. The predicted molar refractivity (Wildman–Crippen MR) is 142 cm³/mol. The number of piperazine rings is 1. The molecular formula is C27H36N6O3. The summed E-state index contributed by atoms with van der Waals surface area (Å²) in [5, 5.41) is 10.3. The van der Waals surface area contributed by atoms with Crippen LogP contribution in [0.15, 0.2) is 48.7 Å². The molecule has 2 atom stereocenters. The first-order valence-electron chi connectivity index (χ1n) is 12.3. The molecule has 1 saturated heterocycles. The molecule has 1 fully saturated rings. The lowest BCUT2D eigenvalue weighted by molar-refractivity contribution is -0.118. The van der Waals surface area contributed by atoms with Crippen LogP contribution >= 0.6 is 0 Å². The van der Waals surface area contributed by atoms with E-state index in [0.717, 1.165) is 41.7 Å². The van der Waals surface area contributed by atoms with E-state index in [9.17, 15) is 9.59 Å². The Bertz CT molecular complexity index is 1200. The zero-order chi connectivity index (χ0) is 25.7. The number of para-hydroxylation sites is 1. The Morgan fingerprint density at radius 1 is 1.14 bits per heavy atom. The number of hydrogen-bond acceptors (Lipinski definition) is 5. The van der Waals surface area contributed by atoms with Gasteiger partial charge in [-0.15, -0.1) is 0 Å². The van der Waals surface area contributed by atoms with E-state index in [4.69, 9.17) is 4.74 Å². The number of carbonyl (C=O) groups excluding carboxylic acids is 2. The fourth-order valence-electron chi connectivity index (χ4n) is 4.69. The molecule has 0 spiro atoms. The summed E-state index contributed by atoms with van der Waals surface area (Å²) in [6, 6.07) is 12.7. The highest BCUT2D eigenvalue weighted by molar-refractivity contribution is 5.99. The van der Waals surface area contributed by atoms with Crippen molar-refractivity contribution in [1.82, 2.24) is 25.4 Å². The third-order valence-electron chi connectivity index (χ3n) is 6.60. The number of methoxy groups -OCH3 is 1. The van der Waals surface area contributed by atoms with Crippen molar-refractivity contribution in [1.29, 1.82) is 0 Å². The van der Waals surface area contributed by atoms with E-state index in [1.54, 1.807) is 12.0 Å². The maximum atomic E-state index is 13.8. The maximum absolute atomic E-state index is 13.8. The SMILES string of the molecule is COc1ccc(CN(C)C)cc1NC(=O)C(NC(=O)N1CCNCC1)C(C)c1c[nH]c2ccccc12. The maximum Gasteiger partial charge on any atom is 0.318 e. The fourth-order valence-corrected chi connectivity index (χ4v) is 4.69. The Morgan fingerprint density at radius 3 is 2.61 bits per heavy atom. The van der Waals surface area contributed by atoms with Crippen LogP contribution in [0.4, 0.5) is 10.5 Å². The van der Waals surface area contributed by atoms with E-state index in [-0.39, 0.29) is 17.9 Å². The van der Waals surface area contributed by atoms with Crippen LogP contribution in [0, 0.1) is 0 Å². The number of urea groups is 1. The first kappa shape index (κ1) is 25.5. The van der Waals surface area contributed by atoms with Gasteiger partial charge < -0.3 is 35.5 Å². The van der Waals surface area contributed by atoms with Crippen LogP contribution in [0.25, 0.3) is 10.9 Å². The number of hydrogen-bond donors (Lipinski definition) is 4. The average molecular weight is 493 g/mol. The second kappa shape index (κ2) is 11.5. The van der Waals surface area contributed by atoms with Gasteiger partial charge in [-0.2, -0.15) is 0 Å². The number of H-pyrrole nitrogens is 1. The van der Waals surface area contributed by atoms with Crippen molar-refractivity contribution < 1.29 is 14.3 Å². The van der Waals surface area contributed by atoms with Gasteiger partial charge in [0.15, 0.2) is 0 Å². The Kier molecular flexibility index (Phi) is 8.12. The molecule has 4 N–H and O–H groups in total. The summed E-state index contributed by atoms with van der Waals surface area (Å²) in [5.74, 6) is -0.0154. The highest BCUT2D eigenvalue weighted by Crippen LogP contribution is 2.30. The summed E-state index contributed by atoms with van der Waals surface area (Å²) in [6.45, 7) is 5.36. The third-order valence-corrected chi connectivity index (χ3v) is 6.60. The second-order valence-corrected chi connectivity index (χ2v) is 9.50. The van der Waals surface area contributed by atoms with Gasteiger partial charge in [0, 0.05) is 55.7 Å². The number of aromatic amines is 1. The molecule has 0 bridgehead atoms. The average Bonchev–Trinajstić information content (AvgIpc) is 3.31. The van der Waals surface area contributed by atoms with E-state index in [2.05, 4.69) is 25.8 Å². The molecule has 1 aromatic heterocycles. The van der Waals surface area contributed by atoms with Gasteiger partial charge in [-0.1, -0.05) is 31.2 Å². The minimum absolute atomic E-state index is 0.239. The summed E-state index contributed by atoms with van der Waals surface area (Å²) in [6.07, 6.45) is 1.92. The number of nitrogens with one attached hydrogen (secondary N) is 4. The van der Waals surface area contributed by atoms with Crippen LogP contribution in [-0.2, 0) is 11.3 Å². The van der Waals surface area contributed by atoms with Gasteiger partial charge in [0.25, 0.3) is 0 Å². The summed E-state index contributed by atoms with van der Waals surface area (Å²) in [7, 11) is 5.56. The van der Waals surface area contributed by atoms with Crippen LogP contribution in [0.1, 0.15) is 24.0 Å². The molecule has 2 heterocycles. The lowest BCUT2D eigenvalue weighted by Gasteiger charge is -2.31. The topological polar surface area (TPSA) is 102 Å². The zero-order valence-corrected chi connectivity index (χ0v) is 21.4. The molecule has 1 aliphatic heterocycles. The first-order valence-corrected chi connectivity index (χ1v) is 12.3.